The first-order valence-electron chi connectivity index (χ1n) is 7.90. The molecule has 4 nitrogen and oxygen atoms in total. The quantitative estimate of drug-likeness (QED) is 0.937. The van der Waals surface area contributed by atoms with Crippen molar-refractivity contribution in [1.82, 2.24) is 9.47 Å². The van der Waals surface area contributed by atoms with E-state index in [0.29, 0.717) is 23.8 Å². The first-order valence-corrected chi connectivity index (χ1v) is 8.28. The van der Waals surface area contributed by atoms with E-state index in [1.165, 1.54) is 0 Å². The van der Waals surface area contributed by atoms with E-state index in [9.17, 15) is 9.90 Å². The van der Waals surface area contributed by atoms with Crippen LogP contribution in [0.15, 0.2) is 42.6 Å². The third kappa shape index (κ3) is 3.43. The molecule has 1 atom stereocenters. The van der Waals surface area contributed by atoms with Gasteiger partial charge in [0.25, 0.3) is 5.91 Å². The van der Waals surface area contributed by atoms with Crippen LogP contribution in [0.5, 0.6) is 0 Å². The summed E-state index contributed by atoms with van der Waals surface area (Å²) in [5, 5.41) is 11.1. The summed E-state index contributed by atoms with van der Waals surface area (Å²) in [6, 6.07) is 11.4. The van der Waals surface area contributed by atoms with Crippen molar-refractivity contribution in [3.8, 4) is 0 Å². The largest absolute Gasteiger partial charge is 0.388 e. The number of benzene rings is 1. The minimum absolute atomic E-state index is 0.00653. The molecule has 0 saturated carbocycles. The van der Waals surface area contributed by atoms with Crippen molar-refractivity contribution in [2.45, 2.75) is 18.9 Å². The van der Waals surface area contributed by atoms with Crippen LogP contribution >= 0.6 is 11.6 Å². The Bertz CT molecular complexity index is 676. The molecule has 1 aromatic heterocycles. The van der Waals surface area contributed by atoms with Gasteiger partial charge in [-0.1, -0.05) is 41.9 Å². The molecule has 3 rings (SSSR count). The number of hydrogen-bond acceptors (Lipinski definition) is 2. The van der Waals surface area contributed by atoms with E-state index in [2.05, 4.69) is 0 Å². The molecule has 1 aliphatic rings. The molecule has 1 aromatic carbocycles. The van der Waals surface area contributed by atoms with Crippen LogP contribution in [-0.4, -0.2) is 33.6 Å². The SMILES string of the molecule is Cn1cc(Cl)cc1C(=O)N1CCC([C@@H](O)c2ccccc2)CC1. The fourth-order valence-corrected chi connectivity index (χ4v) is 3.49. The zero-order valence-corrected chi connectivity index (χ0v) is 13.9. The molecule has 1 aliphatic heterocycles. The second kappa shape index (κ2) is 6.77. The van der Waals surface area contributed by atoms with Gasteiger partial charge in [-0.15, -0.1) is 0 Å². The van der Waals surface area contributed by atoms with Gasteiger partial charge < -0.3 is 14.6 Å². The third-order valence-corrected chi connectivity index (χ3v) is 4.81. The third-order valence-electron chi connectivity index (χ3n) is 4.61. The van der Waals surface area contributed by atoms with Crippen molar-refractivity contribution in [3.63, 3.8) is 0 Å². The summed E-state index contributed by atoms with van der Waals surface area (Å²) >= 11 is 5.96. The summed E-state index contributed by atoms with van der Waals surface area (Å²) < 4.78 is 1.76. The fraction of sp³-hybridized carbons (Fsp3) is 0.389. The molecule has 23 heavy (non-hydrogen) atoms. The van der Waals surface area contributed by atoms with Gasteiger partial charge >= 0.3 is 0 Å². The maximum atomic E-state index is 12.6. The van der Waals surface area contributed by atoms with E-state index in [1.807, 2.05) is 42.3 Å². The number of carbonyl (C=O) groups excluding carboxylic acids is 1. The van der Waals surface area contributed by atoms with E-state index in [4.69, 9.17) is 11.6 Å². The molecule has 0 aliphatic carbocycles. The number of halogens is 1. The minimum atomic E-state index is -0.460. The highest BCUT2D eigenvalue weighted by atomic mass is 35.5. The van der Waals surface area contributed by atoms with Crippen LogP contribution in [0.1, 0.15) is 35.0 Å². The Labute approximate surface area is 141 Å². The topological polar surface area (TPSA) is 45.5 Å². The average molecular weight is 333 g/mol. The van der Waals surface area contributed by atoms with Gasteiger partial charge in [0.1, 0.15) is 5.69 Å². The van der Waals surface area contributed by atoms with Crippen LogP contribution in [0.4, 0.5) is 0 Å². The number of aliphatic hydroxyl groups is 1. The van der Waals surface area contributed by atoms with Gasteiger partial charge in [0.15, 0.2) is 0 Å². The first-order chi connectivity index (χ1) is 11.1. The normalized spacial score (nSPS) is 17.3. The number of likely N-dealkylation sites (tertiary alicyclic amines) is 1. The predicted octanol–water partition coefficient (Wildman–Crippen LogP) is 3.26. The lowest BCUT2D eigenvalue weighted by Crippen LogP contribution is -2.40. The van der Waals surface area contributed by atoms with Crippen LogP contribution in [-0.2, 0) is 7.05 Å². The Morgan fingerprint density at radius 1 is 1.26 bits per heavy atom. The average Bonchev–Trinajstić information content (AvgIpc) is 2.93. The maximum absolute atomic E-state index is 12.6. The fourth-order valence-electron chi connectivity index (χ4n) is 3.24. The molecule has 0 bridgehead atoms. The van der Waals surface area contributed by atoms with E-state index in [0.717, 1.165) is 18.4 Å². The van der Waals surface area contributed by atoms with E-state index >= 15 is 0 Å². The number of nitrogens with zero attached hydrogens (tertiary/aromatic N) is 2. The zero-order valence-electron chi connectivity index (χ0n) is 13.2. The number of amides is 1. The first kappa shape index (κ1) is 16.1. The Morgan fingerprint density at radius 3 is 2.48 bits per heavy atom. The predicted molar refractivity (Wildman–Crippen MR) is 90.5 cm³/mol. The van der Waals surface area contributed by atoms with E-state index in [1.54, 1.807) is 16.8 Å². The number of aliphatic hydroxyl groups excluding tert-OH is 1. The van der Waals surface area contributed by atoms with Gasteiger partial charge in [0.2, 0.25) is 0 Å². The van der Waals surface area contributed by atoms with E-state index < -0.39 is 6.10 Å². The highest BCUT2D eigenvalue weighted by molar-refractivity contribution is 6.31. The molecule has 1 amide bonds. The smallest absolute Gasteiger partial charge is 0.270 e. The van der Waals surface area contributed by atoms with E-state index in [-0.39, 0.29) is 11.8 Å². The Kier molecular flexibility index (Phi) is 4.74. The standard InChI is InChI=1S/C18H21ClN2O2/c1-20-12-15(19)11-16(20)18(23)21-9-7-14(8-10-21)17(22)13-5-3-2-4-6-13/h2-6,11-12,14,17,22H,7-10H2,1H3/t17-/m0/s1. The van der Waals surface area contributed by atoms with Crippen LogP contribution in [0.3, 0.4) is 0 Å². The van der Waals surface area contributed by atoms with Crippen molar-refractivity contribution >= 4 is 17.5 Å². The molecule has 0 spiro atoms. The Hall–Kier alpha value is -1.78. The van der Waals surface area contributed by atoms with Crippen molar-refractivity contribution in [1.29, 1.82) is 0 Å². The summed E-state index contributed by atoms with van der Waals surface area (Å²) in [6.07, 6.45) is 2.89. The van der Waals surface area contributed by atoms with Crippen molar-refractivity contribution in [2.75, 3.05) is 13.1 Å². The lowest BCUT2D eigenvalue weighted by atomic mass is 9.87. The van der Waals surface area contributed by atoms with Gasteiger partial charge in [-0.05, 0) is 30.4 Å². The molecule has 1 N–H and O–H groups in total. The Morgan fingerprint density at radius 2 is 1.91 bits per heavy atom. The highest BCUT2D eigenvalue weighted by Gasteiger charge is 2.29. The molecule has 2 heterocycles. The molecule has 5 heteroatoms. The number of carbonyl (C=O) groups is 1. The molecule has 122 valence electrons. The van der Waals surface area contributed by atoms with Gasteiger partial charge in [-0.25, -0.2) is 0 Å². The second-order valence-corrected chi connectivity index (χ2v) is 6.58. The number of piperidine rings is 1. The molecule has 1 saturated heterocycles. The highest BCUT2D eigenvalue weighted by Crippen LogP contribution is 2.31. The van der Waals surface area contributed by atoms with Crippen LogP contribution in [0.2, 0.25) is 5.02 Å². The van der Waals surface area contributed by atoms with Gasteiger partial charge in [-0.2, -0.15) is 0 Å². The molecule has 2 aromatic rings. The molecule has 1 fully saturated rings. The Balaban J connectivity index is 1.62. The molecule has 0 unspecified atom stereocenters. The molecular weight excluding hydrogens is 312 g/mol. The summed E-state index contributed by atoms with van der Waals surface area (Å²) in [6.45, 7) is 1.33. The molecule has 0 radical (unpaired) electrons. The summed E-state index contributed by atoms with van der Waals surface area (Å²) in [5.74, 6) is 0.200. The van der Waals surface area contributed by atoms with Crippen LogP contribution < -0.4 is 0 Å². The monoisotopic (exact) mass is 332 g/mol. The van der Waals surface area contributed by atoms with Crippen LogP contribution in [0.25, 0.3) is 0 Å². The lowest BCUT2D eigenvalue weighted by Gasteiger charge is -2.34. The number of hydrogen-bond donors (Lipinski definition) is 1. The van der Waals surface area contributed by atoms with Gasteiger partial charge in [-0.3, -0.25) is 4.79 Å². The molecular formula is C18H21ClN2O2. The van der Waals surface area contributed by atoms with Crippen LogP contribution in [0, 0.1) is 5.92 Å². The van der Waals surface area contributed by atoms with Crippen molar-refractivity contribution < 1.29 is 9.90 Å². The summed E-state index contributed by atoms with van der Waals surface area (Å²) in [7, 11) is 1.82. The van der Waals surface area contributed by atoms with Gasteiger partial charge in [0.05, 0.1) is 11.1 Å². The minimum Gasteiger partial charge on any atom is -0.388 e. The summed E-state index contributed by atoms with van der Waals surface area (Å²) in [5.41, 5.74) is 1.56. The second-order valence-electron chi connectivity index (χ2n) is 6.14. The number of aromatic nitrogens is 1. The number of rotatable bonds is 3. The number of aryl methyl sites for hydroxylation is 1. The summed E-state index contributed by atoms with van der Waals surface area (Å²) in [4.78, 5) is 14.4. The van der Waals surface area contributed by atoms with Crippen molar-refractivity contribution in [3.05, 3.63) is 58.9 Å². The zero-order chi connectivity index (χ0) is 16.4. The van der Waals surface area contributed by atoms with Crippen molar-refractivity contribution in [2.24, 2.45) is 13.0 Å². The van der Waals surface area contributed by atoms with Gasteiger partial charge in [0, 0.05) is 26.3 Å². The maximum Gasteiger partial charge on any atom is 0.270 e. The lowest BCUT2D eigenvalue weighted by molar-refractivity contribution is 0.0456.